The zero-order valence-electron chi connectivity index (χ0n) is 11.0. The normalized spacial score (nSPS) is 14.2. The van der Waals surface area contributed by atoms with Crippen molar-refractivity contribution in [2.45, 2.75) is 25.4 Å². The van der Waals surface area contributed by atoms with Crippen LogP contribution in [0.3, 0.4) is 0 Å². The highest BCUT2D eigenvalue weighted by molar-refractivity contribution is 5.28. The maximum atomic E-state index is 14.9. The van der Waals surface area contributed by atoms with Gasteiger partial charge in [0.25, 0.3) is 0 Å². The van der Waals surface area contributed by atoms with Crippen molar-refractivity contribution in [3.8, 4) is 5.75 Å². The number of pyridine rings is 1. The van der Waals surface area contributed by atoms with Gasteiger partial charge in [-0.1, -0.05) is 0 Å². The molecule has 0 bridgehead atoms. The molecule has 1 aromatic rings. The van der Waals surface area contributed by atoms with Crippen molar-refractivity contribution in [3.05, 3.63) is 24.0 Å². The lowest BCUT2D eigenvalue weighted by atomic mass is 9.93. The number of rotatable bonds is 8. The van der Waals surface area contributed by atoms with E-state index in [0.29, 0.717) is 37.3 Å². The second-order valence-electron chi connectivity index (χ2n) is 4.13. The Bertz CT molecular complexity index is 363. The van der Waals surface area contributed by atoms with Crippen LogP contribution in [-0.4, -0.2) is 31.9 Å². The van der Waals surface area contributed by atoms with Gasteiger partial charge in [-0.2, -0.15) is 0 Å². The van der Waals surface area contributed by atoms with Crippen LogP contribution in [0.15, 0.2) is 18.5 Å². The smallest absolute Gasteiger partial charge is 0.160 e. The molecule has 0 aliphatic rings. The topological polar surface area (TPSA) is 57.4 Å². The zero-order chi connectivity index (χ0) is 13.4. The first-order chi connectivity index (χ1) is 8.66. The van der Waals surface area contributed by atoms with Crippen LogP contribution in [0.5, 0.6) is 5.75 Å². The molecule has 18 heavy (non-hydrogen) atoms. The van der Waals surface area contributed by atoms with E-state index in [2.05, 4.69) is 4.98 Å². The van der Waals surface area contributed by atoms with Crippen LogP contribution in [0.4, 0.5) is 4.39 Å². The number of hydrogen-bond donors (Lipinski definition) is 1. The molecular formula is C13H21FN2O2. The van der Waals surface area contributed by atoms with Gasteiger partial charge in [0, 0.05) is 18.9 Å². The standard InChI is InChI=1S/C13H21FN2O2/c1-3-18-12-7-11(8-16-9-12)13(14,10-17-2)5-4-6-15/h7-9H,3-6,10,15H2,1-2H3. The van der Waals surface area contributed by atoms with Crippen molar-refractivity contribution >= 4 is 0 Å². The third kappa shape index (κ3) is 3.92. The van der Waals surface area contributed by atoms with Crippen molar-refractivity contribution in [1.29, 1.82) is 0 Å². The summed E-state index contributed by atoms with van der Waals surface area (Å²) >= 11 is 0. The monoisotopic (exact) mass is 256 g/mol. The summed E-state index contributed by atoms with van der Waals surface area (Å²) in [5.41, 5.74) is 4.35. The Morgan fingerprint density at radius 3 is 2.83 bits per heavy atom. The molecule has 0 aromatic carbocycles. The molecule has 102 valence electrons. The van der Waals surface area contributed by atoms with Gasteiger partial charge in [-0.3, -0.25) is 4.98 Å². The summed E-state index contributed by atoms with van der Waals surface area (Å²) in [6.45, 7) is 2.84. The fourth-order valence-corrected chi connectivity index (χ4v) is 1.82. The summed E-state index contributed by atoms with van der Waals surface area (Å²) in [6.07, 6.45) is 3.99. The molecule has 0 fully saturated rings. The van der Waals surface area contributed by atoms with Crippen molar-refractivity contribution in [2.75, 3.05) is 26.9 Å². The molecule has 0 amide bonds. The minimum atomic E-state index is -1.56. The van der Waals surface area contributed by atoms with Gasteiger partial charge >= 0.3 is 0 Å². The predicted octanol–water partition coefficient (Wildman–Crippen LogP) is 2.03. The number of halogens is 1. The maximum Gasteiger partial charge on any atom is 0.160 e. The number of nitrogens with zero attached hydrogens (tertiary/aromatic N) is 1. The summed E-state index contributed by atoms with van der Waals surface area (Å²) in [5, 5.41) is 0. The van der Waals surface area contributed by atoms with E-state index >= 15 is 0 Å². The molecule has 4 nitrogen and oxygen atoms in total. The SMILES string of the molecule is CCOc1cncc(C(F)(CCCN)COC)c1. The Morgan fingerprint density at radius 2 is 2.22 bits per heavy atom. The molecule has 5 heteroatoms. The second-order valence-corrected chi connectivity index (χ2v) is 4.13. The highest BCUT2D eigenvalue weighted by atomic mass is 19.1. The number of nitrogens with two attached hydrogens (primary N) is 1. The first kappa shape index (κ1) is 14.9. The van der Waals surface area contributed by atoms with E-state index in [1.165, 1.54) is 13.3 Å². The summed E-state index contributed by atoms with van der Waals surface area (Å²) in [4.78, 5) is 4.01. The first-order valence-corrected chi connectivity index (χ1v) is 6.12. The molecule has 0 spiro atoms. The molecule has 0 saturated heterocycles. The van der Waals surface area contributed by atoms with Gasteiger partial charge in [-0.25, -0.2) is 4.39 Å². The third-order valence-corrected chi connectivity index (χ3v) is 2.69. The number of hydrogen-bond acceptors (Lipinski definition) is 4. The average molecular weight is 256 g/mol. The van der Waals surface area contributed by atoms with Crippen molar-refractivity contribution < 1.29 is 13.9 Å². The Kier molecular flexibility index (Phi) is 6.01. The Labute approximate surface area is 107 Å². The van der Waals surface area contributed by atoms with Gasteiger partial charge in [-0.05, 0) is 32.4 Å². The molecule has 1 heterocycles. The average Bonchev–Trinajstić information content (AvgIpc) is 2.37. The van der Waals surface area contributed by atoms with E-state index in [1.54, 1.807) is 12.3 Å². The van der Waals surface area contributed by atoms with Crippen LogP contribution in [0.1, 0.15) is 25.3 Å². The van der Waals surface area contributed by atoms with E-state index < -0.39 is 5.67 Å². The molecule has 0 aliphatic carbocycles. The minimum Gasteiger partial charge on any atom is -0.492 e. The lowest BCUT2D eigenvalue weighted by Crippen LogP contribution is -2.27. The maximum absolute atomic E-state index is 14.9. The predicted molar refractivity (Wildman–Crippen MR) is 68.4 cm³/mol. The van der Waals surface area contributed by atoms with Crippen LogP contribution in [0.2, 0.25) is 0 Å². The molecule has 0 aliphatic heterocycles. The number of ether oxygens (including phenoxy) is 2. The van der Waals surface area contributed by atoms with Gasteiger partial charge in [0.2, 0.25) is 0 Å². The number of aromatic nitrogens is 1. The molecular weight excluding hydrogens is 235 g/mol. The summed E-state index contributed by atoms with van der Waals surface area (Å²) < 4.78 is 25.2. The van der Waals surface area contributed by atoms with Gasteiger partial charge in [0.1, 0.15) is 5.75 Å². The van der Waals surface area contributed by atoms with Gasteiger partial charge in [0.05, 0.1) is 19.4 Å². The van der Waals surface area contributed by atoms with Gasteiger partial charge in [-0.15, -0.1) is 0 Å². The van der Waals surface area contributed by atoms with Crippen molar-refractivity contribution in [3.63, 3.8) is 0 Å². The minimum absolute atomic E-state index is 0.00966. The first-order valence-electron chi connectivity index (χ1n) is 6.12. The van der Waals surface area contributed by atoms with Gasteiger partial charge in [0.15, 0.2) is 5.67 Å². The van der Waals surface area contributed by atoms with Crippen LogP contribution in [-0.2, 0) is 10.4 Å². The molecule has 1 rings (SSSR count). The van der Waals surface area contributed by atoms with Crippen LogP contribution in [0.25, 0.3) is 0 Å². The second kappa shape index (κ2) is 7.28. The van der Waals surface area contributed by atoms with Crippen LogP contribution >= 0.6 is 0 Å². The lowest BCUT2D eigenvalue weighted by Gasteiger charge is -2.25. The molecule has 0 saturated carbocycles. The molecule has 2 N–H and O–H groups in total. The van der Waals surface area contributed by atoms with Crippen molar-refractivity contribution in [2.24, 2.45) is 5.73 Å². The van der Waals surface area contributed by atoms with Crippen molar-refractivity contribution in [1.82, 2.24) is 4.98 Å². The summed E-state index contributed by atoms with van der Waals surface area (Å²) in [6, 6.07) is 1.67. The van der Waals surface area contributed by atoms with E-state index in [9.17, 15) is 4.39 Å². The Hall–Kier alpha value is -1.20. The summed E-state index contributed by atoms with van der Waals surface area (Å²) in [5.74, 6) is 0.570. The molecule has 1 aromatic heterocycles. The van der Waals surface area contributed by atoms with Gasteiger partial charge < -0.3 is 15.2 Å². The van der Waals surface area contributed by atoms with Crippen LogP contribution < -0.4 is 10.5 Å². The molecule has 1 unspecified atom stereocenters. The number of alkyl halides is 1. The molecule has 1 atom stereocenters. The molecule has 0 radical (unpaired) electrons. The Morgan fingerprint density at radius 1 is 1.44 bits per heavy atom. The van der Waals surface area contributed by atoms with E-state index in [-0.39, 0.29) is 6.61 Å². The van der Waals surface area contributed by atoms with Crippen LogP contribution in [0, 0.1) is 0 Å². The Balaban J connectivity index is 2.92. The fraction of sp³-hybridized carbons (Fsp3) is 0.615. The van der Waals surface area contributed by atoms with E-state index in [4.69, 9.17) is 15.2 Å². The highest BCUT2D eigenvalue weighted by Gasteiger charge is 2.32. The lowest BCUT2D eigenvalue weighted by molar-refractivity contribution is 0.0299. The third-order valence-electron chi connectivity index (χ3n) is 2.69. The zero-order valence-corrected chi connectivity index (χ0v) is 11.0. The number of methoxy groups -OCH3 is 1. The van der Waals surface area contributed by atoms with E-state index in [0.717, 1.165) is 0 Å². The van der Waals surface area contributed by atoms with E-state index in [1.807, 2.05) is 6.92 Å². The summed E-state index contributed by atoms with van der Waals surface area (Å²) in [7, 11) is 1.48. The fourth-order valence-electron chi connectivity index (χ4n) is 1.82. The largest absolute Gasteiger partial charge is 0.492 e. The highest BCUT2D eigenvalue weighted by Crippen LogP contribution is 2.32. The quantitative estimate of drug-likeness (QED) is 0.773.